The highest BCUT2D eigenvalue weighted by atomic mass is 79.9. The molecule has 1 aliphatic heterocycles. The Bertz CT molecular complexity index is 434. The minimum Gasteiger partial charge on any atom is -0.314 e. The Hall–Kier alpha value is -0.450. The van der Waals surface area contributed by atoms with Crippen molar-refractivity contribution in [3.05, 3.63) is 34.1 Å². The zero-order valence-corrected chi connectivity index (χ0v) is 11.9. The molecule has 0 bridgehead atoms. The molecule has 1 aromatic rings. The molecule has 1 saturated heterocycles. The zero-order valence-electron chi connectivity index (χ0n) is 10.3. The molecule has 18 heavy (non-hydrogen) atoms. The summed E-state index contributed by atoms with van der Waals surface area (Å²) in [5.74, 6) is 0.691. The molecule has 1 aliphatic carbocycles. The summed E-state index contributed by atoms with van der Waals surface area (Å²) in [6.45, 7) is 4.03. The Morgan fingerprint density at radius 2 is 2.22 bits per heavy atom. The van der Waals surface area contributed by atoms with Gasteiger partial charge in [-0.15, -0.1) is 0 Å². The molecule has 1 saturated carbocycles. The van der Waals surface area contributed by atoms with Crippen LogP contribution in [0.5, 0.6) is 0 Å². The first-order chi connectivity index (χ1) is 8.75. The van der Waals surface area contributed by atoms with Gasteiger partial charge >= 0.3 is 0 Å². The van der Waals surface area contributed by atoms with Crippen LogP contribution in [-0.4, -0.2) is 30.6 Å². The van der Waals surface area contributed by atoms with Crippen LogP contribution in [0.1, 0.15) is 18.4 Å². The van der Waals surface area contributed by atoms with E-state index in [1.165, 1.54) is 18.9 Å². The second-order valence-corrected chi connectivity index (χ2v) is 6.09. The lowest BCUT2D eigenvalue weighted by Crippen LogP contribution is -2.51. The van der Waals surface area contributed by atoms with Crippen LogP contribution in [0.3, 0.4) is 0 Å². The SMILES string of the molecule is Fc1cccc(CN2CCNCC2C2CC2)c1Br. The molecule has 2 fully saturated rings. The van der Waals surface area contributed by atoms with Gasteiger partial charge in [0.05, 0.1) is 4.47 Å². The monoisotopic (exact) mass is 312 g/mol. The van der Waals surface area contributed by atoms with Gasteiger partial charge < -0.3 is 5.32 Å². The highest BCUT2D eigenvalue weighted by Gasteiger charge is 2.36. The minimum absolute atomic E-state index is 0.161. The summed E-state index contributed by atoms with van der Waals surface area (Å²) in [6, 6.07) is 5.95. The normalized spacial score (nSPS) is 25.3. The summed E-state index contributed by atoms with van der Waals surface area (Å²) in [5.41, 5.74) is 1.06. The molecule has 1 atom stereocenters. The van der Waals surface area contributed by atoms with Gasteiger partial charge in [0.1, 0.15) is 5.82 Å². The Morgan fingerprint density at radius 1 is 1.39 bits per heavy atom. The van der Waals surface area contributed by atoms with Crippen LogP contribution in [0.4, 0.5) is 4.39 Å². The third-order valence-corrected chi connectivity index (χ3v) is 4.86. The summed E-state index contributed by atoms with van der Waals surface area (Å²) in [6.07, 6.45) is 2.71. The van der Waals surface area contributed by atoms with Gasteiger partial charge in [0.2, 0.25) is 0 Å². The molecule has 1 heterocycles. The second-order valence-electron chi connectivity index (χ2n) is 5.29. The van der Waals surface area contributed by atoms with Crippen molar-refractivity contribution in [3.8, 4) is 0 Å². The fraction of sp³-hybridized carbons (Fsp3) is 0.571. The molecule has 1 aromatic carbocycles. The highest BCUT2D eigenvalue weighted by molar-refractivity contribution is 9.10. The first-order valence-corrected chi connectivity index (χ1v) is 7.42. The van der Waals surface area contributed by atoms with Gasteiger partial charge in [-0.2, -0.15) is 0 Å². The Labute approximate surface area is 116 Å². The smallest absolute Gasteiger partial charge is 0.137 e. The maximum Gasteiger partial charge on any atom is 0.137 e. The van der Waals surface area contributed by atoms with E-state index in [0.29, 0.717) is 10.5 Å². The molecule has 1 N–H and O–H groups in total. The van der Waals surface area contributed by atoms with Crippen LogP contribution in [0.2, 0.25) is 0 Å². The Kier molecular flexibility index (Phi) is 3.68. The van der Waals surface area contributed by atoms with E-state index in [9.17, 15) is 4.39 Å². The van der Waals surface area contributed by atoms with E-state index >= 15 is 0 Å². The van der Waals surface area contributed by atoms with Crippen LogP contribution >= 0.6 is 15.9 Å². The van der Waals surface area contributed by atoms with Gasteiger partial charge in [-0.3, -0.25) is 4.90 Å². The molecule has 4 heteroatoms. The lowest BCUT2D eigenvalue weighted by atomic mass is 10.1. The van der Waals surface area contributed by atoms with Gasteiger partial charge in [-0.1, -0.05) is 12.1 Å². The lowest BCUT2D eigenvalue weighted by molar-refractivity contribution is 0.135. The van der Waals surface area contributed by atoms with E-state index in [2.05, 4.69) is 26.1 Å². The fourth-order valence-corrected chi connectivity index (χ4v) is 3.19. The van der Waals surface area contributed by atoms with E-state index in [1.807, 2.05) is 6.07 Å². The average molecular weight is 313 g/mol. The van der Waals surface area contributed by atoms with Crippen molar-refractivity contribution in [1.82, 2.24) is 10.2 Å². The topological polar surface area (TPSA) is 15.3 Å². The summed E-state index contributed by atoms with van der Waals surface area (Å²) in [4.78, 5) is 2.51. The van der Waals surface area contributed by atoms with Crippen LogP contribution in [0.15, 0.2) is 22.7 Å². The molecule has 0 spiro atoms. The molecule has 0 aromatic heterocycles. The van der Waals surface area contributed by atoms with E-state index in [0.717, 1.165) is 37.7 Å². The molecule has 2 aliphatic rings. The molecule has 98 valence electrons. The zero-order chi connectivity index (χ0) is 12.5. The molecule has 1 unspecified atom stereocenters. The van der Waals surface area contributed by atoms with Gasteiger partial charge in [-0.25, -0.2) is 4.39 Å². The summed E-state index contributed by atoms with van der Waals surface area (Å²) < 4.78 is 14.1. The molecule has 0 radical (unpaired) electrons. The fourth-order valence-electron chi connectivity index (χ4n) is 2.80. The van der Waals surface area contributed by atoms with Crippen molar-refractivity contribution < 1.29 is 4.39 Å². The summed E-state index contributed by atoms with van der Waals surface area (Å²) >= 11 is 3.36. The number of hydrogen-bond acceptors (Lipinski definition) is 2. The van der Waals surface area contributed by atoms with Crippen molar-refractivity contribution in [2.45, 2.75) is 25.4 Å². The third-order valence-electron chi connectivity index (χ3n) is 3.97. The van der Waals surface area contributed by atoms with E-state index < -0.39 is 0 Å². The quantitative estimate of drug-likeness (QED) is 0.923. The molecular weight excluding hydrogens is 295 g/mol. The van der Waals surface area contributed by atoms with E-state index in [1.54, 1.807) is 6.07 Å². The largest absolute Gasteiger partial charge is 0.314 e. The van der Waals surface area contributed by atoms with Gasteiger partial charge in [0, 0.05) is 32.2 Å². The average Bonchev–Trinajstić information content (AvgIpc) is 3.20. The number of nitrogens with zero attached hydrogens (tertiary/aromatic N) is 1. The van der Waals surface area contributed by atoms with Crippen molar-refractivity contribution in [2.24, 2.45) is 5.92 Å². The number of benzene rings is 1. The number of hydrogen-bond donors (Lipinski definition) is 1. The Balaban J connectivity index is 1.75. The van der Waals surface area contributed by atoms with Gasteiger partial charge in [0.25, 0.3) is 0 Å². The van der Waals surface area contributed by atoms with Crippen molar-refractivity contribution >= 4 is 15.9 Å². The van der Waals surface area contributed by atoms with Crippen molar-refractivity contribution in [3.63, 3.8) is 0 Å². The molecule has 0 amide bonds. The van der Waals surface area contributed by atoms with Crippen LogP contribution in [0.25, 0.3) is 0 Å². The number of rotatable bonds is 3. The van der Waals surface area contributed by atoms with Crippen molar-refractivity contribution in [1.29, 1.82) is 0 Å². The maximum absolute atomic E-state index is 13.5. The summed E-state index contributed by atoms with van der Waals surface area (Å²) in [5, 5.41) is 3.47. The first kappa shape index (κ1) is 12.6. The lowest BCUT2D eigenvalue weighted by Gasteiger charge is -2.36. The predicted molar refractivity (Wildman–Crippen MR) is 73.9 cm³/mol. The first-order valence-electron chi connectivity index (χ1n) is 6.63. The molecule has 3 rings (SSSR count). The van der Waals surface area contributed by atoms with Crippen LogP contribution in [0, 0.1) is 11.7 Å². The van der Waals surface area contributed by atoms with Crippen LogP contribution in [-0.2, 0) is 6.54 Å². The van der Waals surface area contributed by atoms with Gasteiger partial charge in [-0.05, 0) is 46.3 Å². The molecular formula is C14H18BrFN2. The Morgan fingerprint density at radius 3 is 3.00 bits per heavy atom. The number of nitrogens with one attached hydrogen (secondary N) is 1. The minimum atomic E-state index is -0.161. The van der Waals surface area contributed by atoms with E-state index in [-0.39, 0.29) is 5.82 Å². The summed E-state index contributed by atoms with van der Waals surface area (Å²) in [7, 11) is 0. The van der Waals surface area contributed by atoms with Crippen molar-refractivity contribution in [2.75, 3.05) is 19.6 Å². The second kappa shape index (κ2) is 5.27. The molecule has 2 nitrogen and oxygen atoms in total. The predicted octanol–water partition coefficient (Wildman–Crippen LogP) is 2.77. The standard InChI is InChI=1S/C14H18BrFN2/c15-14-11(2-1-3-12(14)16)9-18-7-6-17-8-13(18)10-4-5-10/h1-3,10,13,17H,4-9H2. The maximum atomic E-state index is 13.5. The number of halogens is 2. The highest BCUT2D eigenvalue weighted by Crippen LogP contribution is 2.36. The van der Waals surface area contributed by atoms with Gasteiger partial charge in [0.15, 0.2) is 0 Å². The third kappa shape index (κ3) is 2.60. The van der Waals surface area contributed by atoms with Crippen LogP contribution < -0.4 is 5.32 Å². The van der Waals surface area contributed by atoms with E-state index in [4.69, 9.17) is 0 Å². The number of piperazine rings is 1.